The van der Waals surface area contributed by atoms with Gasteiger partial charge in [0.15, 0.2) is 5.82 Å². The van der Waals surface area contributed by atoms with E-state index in [-0.39, 0.29) is 6.61 Å². The lowest BCUT2D eigenvalue weighted by Gasteiger charge is -2.13. The van der Waals surface area contributed by atoms with Gasteiger partial charge in [0.2, 0.25) is 0 Å². The average molecular weight is 421 g/mol. The molecule has 0 saturated heterocycles. The number of anilines is 1. The van der Waals surface area contributed by atoms with Crippen molar-refractivity contribution in [2.75, 3.05) is 18.5 Å². The lowest BCUT2D eigenvalue weighted by molar-refractivity contribution is 0.0526. The van der Waals surface area contributed by atoms with Gasteiger partial charge in [-0.1, -0.05) is 29.8 Å². The number of carbonyl (C=O) groups is 1. The van der Waals surface area contributed by atoms with Gasteiger partial charge < -0.3 is 14.6 Å². The molecule has 152 valence electrons. The highest BCUT2D eigenvalue weighted by atomic mass is 35.5. The van der Waals surface area contributed by atoms with E-state index in [2.05, 4.69) is 44.2 Å². The molecule has 0 aliphatic heterocycles. The molecule has 1 N–H and O–H groups in total. The molecule has 0 atom stereocenters. The van der Waals surface area contributed by atoms with Crippen LogP contribution in [0.15, 0.2) is 67.0 Å². The molecule has 0 radical (unpaired) electrons. The third kappa shape index (κ3) is 4.28. The van der Waals surface area contributed by atoms with Crippen LogP contribution in [0, 0.1) is 0 Å². The summed E-state index contributed by atoms with van der Waals surface area (Å²) in [6.07, 6.45) is 3.56. The first-order chi connectivity index (χ1) is 14.7. The third-order valence-electron chi connectivity index (χ3n) is 4.71. The Balaban J connectivity index is 1.57. The third-order valence-corrected chi connectivity index (χ3v) is 4.96. The molecule has 4 rings (SSSR count). The first-order valence-corrected chi connectivity index (χ1v) is 10.1. The molecule has 0 aliphatic carbocycles. The number of nitrogens with one attached hydrogen (secondary N) is 1. The fraction of sp³-hybridized carbons (Fsp3) is 0.174. The Hall–Kier alpha value is -3.38. The largest absolute Gasteiger partial charge is 0.462 e. The summed E-state index contributed by atoms with van der Waals surface area (Å²) in [5.74, 6) is 0.507. The summed E-state index contributed by atoms with van der Waals surface area (Å²) in [5.41, 5.74) is 2.29. The van der Waals surface area contributed by atoms with Crippen LogP contribution in [-0.2, 0) is 11.3 Å². The van der Waals surface area contributed by atoms with E-state index in [0.717, 1.165) is 17.6 Å². The molecule has 0 amide bonds. The maximum atomic E-state index is 12.4. The van der Waals surface area contributed by atoms with Crippen LogP contribution >= 0.6 is 11.6 Å². The van der Waals surface area contributed by atoms with Crippen LogP contribution < -0.4 is 5.32 Å². The Bertz CT molecular complexity index is 1170. The van der Waals surface area contributed by atoms with Gasteiger partial charge in [-0.25, -0.2) is 14.8 Å². The summed E-state index contributed by atoms with van der Waals surface area (Å²) in [4.78, 5) is 21.3. The highest BCUT2D eigenvalue weighted by Gasteiger charge is 2.16. The molecule has 0 bridgehead atoms. The number of halogens is 1. The number of benzene rings is 2. The van der Waals surface area contributed by atoms with Crippen molar-refractivity contribution in [1.82, 2.24) is 14.5 Å². The number of carbonyl (C=O) groups excluding carboxylic acids is 1. The van der Waals surface area contributed by atoms with E-state index in [0.29, 0.717) is 28.8 Å². The van der Waals surface area contributed by atoms with Crippen LogP contribution in [0.5, 0.6) is 0 Å². The van der Waals surface area contributed by atoms with E-state index in [1.807, 2.05) is 24.3 Å². The van der Waals surface area contributed by atoms with E-state index < -0.39 is 5.97 Å². The number of esters is 1. The van der Waals surface area contributed by atoms with Gasteiger partial charge in [0, 0.05) is 41.6 Å². The van der Waals surface area contributed by atoms with Crippen LogP contribution in [0.1, 0.15) is 17.3 Å². The monoisotopic (exact) mass is 420 g/mol. The van der Waals surface area contributed by atoms with Crippen LogP contribution in [0.2, 0.25) is 5.02 Å². The topological polar surface area (TPSA) is 69.0 Å². The van der Waals surface area contributed by atoms with Crippen molar-refractivity contribution in [3.63, 3.8) is 0 Å². The minimum Gasteiger partial charge on any atom is -0.462 e. The number of hydrogen-bond acceptors (Lipinski definition) is 5. The molecular formula is C23H21ClN4O2. The van der Waals surface area contributed by atoms with E-state index in [9.17, 15) is 4.79 Å². The van der Waals surface area contributed by atoms with Gasteiger partial charge in [-0.15, -0.1) is 0 Å². The van der Waals surface area contributed by atoms with Crippen molar-refractivity contribution in [3.8, 4) is 11.4 Å². The predicted molar refractivity (Wildman–Crippen MR) is 119 cm³/mol. The summed E-state index contributed by atoms with van der Waals surface area (Å²) in [7, 11) is 0. The summed E-state index contributed by atoms with van der Waals surface area (Å²) in [6, 6.07) is 17.6. The molecule has 0 aliphatic rings. The summed E-state index contributed by atoms with van der Waals surface area (Å²) >= 11 is 5.97. The Labute approximate surface area is 179 Å². The van der Waals surface area contributed by atoms with Gasteiger partial charge in [0.1, 0.15) is 11.4 Å². The molecular weight excluding hydrogens is 400 g/mol. The number of hydrogen-bond donors (Lipinski definition) is 1. The van der Waals surface area contributed by atoms with E-state index in [1.54, 1.807) is 19.1 Å². The van der Waals surface area contributed by atoms with Crippen molar-refractivity contribution < 1.29 is 9.53 Å². The molecule has 0 fully saturated rings. The van der Waals surface area contributed by atoms with Gasteiger partial charge in [-0.2, -0.15) is 0 Å². The number of rotatable bonds is 7. The van der Waals surface area contributed by atoms with Crippen LogP contribution in [-0.4, -0.2) is 33.7 Å². The lowest BCUT2D eigenvalue weighted by atomic mass is 10.2. The molecule has 7 heteroatoms. The van der Waals surface area contributed by atoms with E-state index in [1.165, 1.54) is 11.6 Å². The number of nitrogens with zero attached hydrogens (tertiary/aromatic N) is 3. The van der Waals surface area contributed by atoms with Crippen LogP contribution in [0.4, 0.5) is 5.82 Å². The van der Waals surface area contributed by atoms with Crippen LogP contribution in [0.25, 0.3) is 22.3 Å². The normalized spacial score (nSPS) is 10.9. The SMILES string of the molecule is CCOC(=O)c1cnc(-c2ccc(Cl)cc2)nc1NCCn1ccc2ccccc21. The zero-order valence-corrected chi connectivity index (χ0v) is 17.3. The molecule has 30 heavy (non-hydrogen) atoms. The smallest absolute Gasteiger partial charge is 0.343 e. The average Bonchev–Trinajstić information content (AvgIpc) is 3.17. The van der Waals surface area contributed by atoms with Crippen LogP contribution in [0.3, 0.4) is 0 Å². The summed E-state index contributed by atoms with van der Waals surface area (Å²) in [6.45, 7) is 3.36. The first-order valence-electron chi connectivity index (χ1n) is 9.73. The highest BCUT2D eigenvalue weighted by Crippen LogP contribution is 2.22. The molecule has 2 aromatic carbocycles. The number of para-hydroxylation sites is 1. The quantitative estimate of drug-likeness (QED) is 0.424. The lowest BCUT2D eigenvalue weighted by Crippen LogP contribution is -2.16. The van der Waals surface area contributed by atoms with E-state index in [4.69, 9.17) is 16.3 Å². The molecule has 4 aromatic rings. The minimum absolute atomic E-state index is 0.284. The van der Waals surface area contributed by atoms with Gasteiger partial charge >= 0.3 is 5.97 Å². The maximum absolute atomic E-state index is 12.4. The number of fused-ring (bicyclic) bond motifs is 1. The zero-order chi connectivity index (χ0) is 20.9. The fourth-order valence-electron chi connectivity index (χ4n) is 3.24. The second-order valence-corrected chi connectivity index (χ2v) is 7.11. The zero-order valence-electron chi connectivity index (χ0n) is 16.5. The Morgan fingerprint density at radius 2 is 1.93 bits per heavy atom. The van der Waals surface area contributed by atoms with Crippen molar-refractivity contribution >= 4 is 34.3 Å². The molecule has 2 aromatic heterocycles. The highest BCUT2D eigenvalue weighted by molar-refractivity contribution is 6.30. The summed E-state index contributed by atoms with van der Waals surface area (Å²) in [5, 5.41) is 5.11. The number of ether oxygens (including phenoxy) is 1. The van der Waals surface area contributed by atoms with Gasteiger partial charge in [-0.05, 0) is 48.7 Å². The van der Waals surface area contributed by atoms with Crippen molar-refractivity contribution in [1.29, 1.82) is 0 Å². The molecule has 0 unspecified atom stereocenters. The van der Waals surface area contributed by atoms with Crippen molar-refractivity contribution in [2.24, 2.45) is 0 Å². The Morgan fingerprint density at radius 1 is 1.13 bits per heavy atom. The predicted octanol–water partition coefficient (Wildman–Crippen LogP) is 5.04. The van der Waals surface area contributed by atoms with Gasteiger partial charge in [0.05, 0.1) is 6.61 Å². The van der Waals surface area contributed by atoms with Crippen molar-refractivity contribution in [3.05, 3.63) is 77.6 Å². The first kappa shape index (κ1) is 19.9. The standard InChI is InChI=1S/C23H21ClN4O2/c1-2-30-23(29)19-15-26-21(17-7-9-18(24)10-8-17)27-22(19)25-12-14-28-13-11-16-5-3-4-6-20(16)28/h3-11,13,15H,2,12,14H2,1H3,(H,25,26,27). The van der Waals surface area contributed by atoms with Crippen molar-refractivity contribution in [2.45, 2.75) is 13.5 Å². The summed E-state index contributed by atoms with van der Waals surface area (Å²) < 4.78 is 7.32. The minimum atomic E-state index is -0.450. The van der Waals surface area contributed by atoms with Gasteiger partial charge in [-0.3, -0.25) is 0 Å². The maximum Gasteiger partial charge on any atom is 0.343 e. The Morgan fingerprint density at radius 3 is 2.73 bits per heavy atom. The fourth-order valence-corrected chi connectivity index (χ4v) is 3.37. The second kappa shape index (κ2) is 8.97. The molecule has 6 nitrogen and oxygen atoms in total. The Kier molecular flexibility index (Phi) is 5.95. The van der Waals surface area contributed by atoms with Gasteiger partial charge in [0.25, 0.3) is 0 Å². The molecule has 0 saturated carbocycles. The molecule has 2 heterocycles. The number of aromatic nitrogens is 3. The van der Waals surface area contributed by atoms with E-state index >= 15 is 0 Å². The second-order valence-electron chi connectivity index (χ2n) is 6.68. The molecule has 0 spiro atoms.